The van der Waals surface area contributed by atoms with Crippen LogP contribution in [0.2, 0.25) is 0 Å². The van der Waals surface area contributed by atoms with Gasteiger partial charge in [0.25, 0.3) is 11.5 Å². The first-order chi connectivity index (χ1) is 14.0. The molecule has 2 heterocycles. The number of imidazole rings is 1. The minimum absolute atomic E-state index is 0.0998. The van der Waals surface area contributed by atoms with Crippen LogP contribution < -0.4 is 16.2 Å². The number of rotatable bonds is 5. The van der Waals surface area contributed by atoms with Gasteiger partial charge in [0, 0.05) is 31.0 Å². The summed E-state index contributed by atoms with van der Waals surface area (Å²) in [5, 5.41) is 5.79. The number of carbonyl (C=O) groups excluding carboxylic acids is 2. The van der Waals surface area contributed by atoms with Crippen molar-refractivity contribution in [2.24, 2.45) is 7.05 Å². The predicted octanol–water partition coefficient (Wildman–Crippen LogP) is 2.05. The van der Waals surface area contributed by atoms with Crippen molar-refractivity contribution in [3.05, 3.63) is 58.8 Å². The molecule has 0 bridgehead atoms. The molecule has 1 aliphatic rings. The highest BCUT2D eigenvalue weighted by molar-refractivity contribution is 6.04. The van der Waals surface area contributed by atoms with Crippen LogP contribution in [0.15, 0.2) is 47.7 Å². The van der Waals surface area contributed by atoms with Gasteiger partial charge in [-0.05, 0) is 37.1 Å². The zero-order valence-electron chi connectivity index (χ0n) is 16.2. The number of hydrogen-bond acceptors (Lipinski definition) is 4. The van der Waals surface area contributed by atoms with E-state index in [1.54, 1.807) is 12.4 Å². The third-order valence-electron chi connectivity index (χ3n) is 5.26. The summed E-state index contributed by atoms with van der Waals surface area (Å²) in [5.41, 5.74) is 2.36. The topological polar surface area (TPSA) is 98.0 Å². The molecule has 0 unspecified atom stereocenters. The molecule has 0 spiro atoms. The molecule has 0 aliphatic heterocycles. The number of pyridine rings is 1. The molecular weight excluding hydrogens is 370 g/mol. The Bertz CT molecular complexity index is 1120. The molecule has 0 saturated heterocycles. The smallest absolute Gasteiger partial charge is 0.257 e. The molecule has 29 heavy (non-hydrogen) atoms. The Hall–Kier alpha value is -3.42. The van der Waals surface area contributed by atoms with Gasteiger partial charge in [0.05, 0.1) is 22.9 Å². The van der Waals surface area contributed by atoms with Crippen molar-refractivity contribution in [1.82, 2.24) is 19.4 Å². The van der Waals surface area contributed by atoms with Gasteiger partial charge in [-0.1, -0.05) is 12.8 Å². The molecule has 150 valence electrons. The lowest BCUT2D eigenvalue weighted by molar-refractivity contribution is -0.122. The van der Waals surface area contributed by atoms with E-state index in [0.717, 1.165) is 36.7 Å². The summed E-state index contributed by atoms with van der Waals surface area (Å²) in [6.45, 7) is -0.0998. The number of nitrogens with one attached hydrogen (secondary N) is 2. The second kappa shape index (κ2) is 7.90. The first kappa shape index (κ1) is 18.9. The van der Waals surface area contributed by atoms with Crippen LogP contribution in [-0.4, -0.2) is 32.0 Å². The van der Waals surface area contributed by atoms with Gasteiger partial charge in [-0.25, -0.2) is 4.98 Å². The molecule has 1 fully saturated rings. The molecule has 3 aromatic rings. The summed E-state index contributed by atoms with van der Waals surface area (Å²) in [7, 11) is 1.88. The van der Waals surface area contributed by atoms with Gasteiger partial charge in [-0.3, -0.25) is 14.4 Å². The van der Waals surface area contributed by atoms with Gasteiger partial charge in [0.2, 0.25) is 5.91 Å². The molecule has 8 nitrogen and oxygen atoms in total. The highest BCUT2D eigenvalue weighted by Crippen LogP contribution is 2.19. The monoisotopic (exact) mass is 393 g/mol. The van der Waals surface area contributed by atoms with Crippen molar-refractivity contribution < 1.29 is 9.59 Å². The number of fused-ring (bicyclic) bond motifs is 1. The number of aryl methyl sites for hydroxylation is 1. The normalized spacial score (nSPS) is 14.2. The molecule has 0 atom stereocenters. The molecule has 1 saturated carbocycles. The van der Waals surface area contributed by atoms with E-state index in [1.807, 2.05) is 23.7 Å². The predicted molar refractivity (Wildman–Crippen MR) is 110 cm³/mol. The van der Waals surface area contributed by atoms with E-state index in [0.29, 0.717) is 11.3 Å². The molecule has 2 N–H and O–H groups in total. The Morgan fingerprint density at radius 2 is 1.97 bits per heavy atom. The Kier molecular flexibility index (Phi) is 5.16. The molecule has 1 aromatic carbocycles. The van der Waals surface area contributed by atoms with Gasteiger partial charge in [-0.15, -0.1) is 0 Å². The molecule has 2 amide bonds. The number of aromatic nitrogens is 3. The van der Waals surface area contributed by atoms with Gasteiger partial charge in [0.15, 0.2) is 0 Å². The standard InChI is InChI=1S/C21H23N5O3/c1-25-13-22-17-8-7-16(10-18(17)25)24-21(29)14-6-9-20(28)26(11-14)12-19(27)23-15-4-2-3-5-15/h6-11,13,15H,2-5,12H2,1H3,(H,23,27)(H,24,29). The quantitative estimate of drug-likeness (QED) is 0.693. The number of carbonyl (C=O) groups is 2. The largest absolute Gasteiger partial charge is 0.352 e. The maximum Gasteiger partial charge on any atom is 0.257 e. The van der Waals surface area contributed by atoms with Gasteiger partial charge in [0.1, 0.15) is 6.54 Å². The van der Waals surface area contributed by atoms with E-state index < -0.39 is 0 Å². The third-order valence-corrected chi connectivity index (χ3v) is 5.26. The SMILES string of the molecule is Cn1cnc2ccc(NC(=O)c3ccc(=O)n(CC(=O)NC4CCCC4)c3)cc21. The van der Waals surface area contributed by atoms with E-state index in [4.69, 9.17) is 0 Å². The van der Waals surface area contributed by atoms with Crippen LogP contribution in [0.3, 0.4) is 0 Å². The fourth-order valence-corrected chi connectivity index (χ4v) is 3.69. The highest BCUT2D eigenvalue weighted by Gasteiger charge is 2.18. The van der Waals surface area contributed by atoms with Crippen LogP contribution in [0.5, 0.6) is 0 Å². The van der Waals surface area contributed by atoms with Crippen molar-refractivity contribution in [2.75, 3.05) is 5.32 Å². The summed E-state index contributed by atoms with van der Waals surface area (Å²) < 4.78 is 3.14. The minimum atomic E-state index is -0.350. The van der Waals surface area contributed by atoms with Crippen molar-refractivity contribution in [3.8, 4) is 0 Å². The maximum atomic E-state index is 12.7. The average Bonchev–Trinajstić information content (AvgIpc) is 3.33. The summed E-state index contributed by atoms with van der Waals surface area (Å²) >= 11 is 0. The number of nitrogens with zero attached hydrogens (tertiary/aromatic N) is 3. The lowest BCUT2D eigenvalue weighted by atomic mass is 10.2. The maximum absolute atomic E-state index is 12.7. The van der Waals surface area contributed by atoms with Crippen molar-refractivity contribution in [1.29, 1.82) is 0 Å². The zero-order chi connectivity index (χ0) is 20.4. The first-order valence-corrected chi connectivity index (χ1v) is 9.72. The Balaban J connectivity index is 1.47. The highest BCUT2D eigenvalue weighted by atomic mass is 16.2. The first-order valence-electron chi connectivity index (χ1n) is 9.72. The van der Waals surface area contributed by atoms with Crippen LogP contribution in [-0.2, 0) is 18.4 Å². The molecule has 1 aliphatic carbocycles. The van der Waals surface area contributed by atoms with Gasteiger partial charge < -0.3 is 19.8 Å². The third kappa shape index (κ3) is 4.21. The fourth-order valence-electron chi connectivity index (χ4n) is 3.69. The zero-order valence-corrected chi connectivity index (χ0v) is 16.2. The van der Waals surface area contributed by atoms with Crippen molar-refractivity contribution in [3.63, 3.8) is 0 Å². The summed E-state index contributed by atoms with van der Waals surface area (Å²) in [6.07, 6.45) is 7.32. The molecule has 8 heteroatoms. The number of hydrogen-bond donors (Lipinski definition) is 2. The number of anilines is 1. The number of amides is 2. The summed E-state index contributed by atoms with van der Waals surface area (Å²) in [5.74, 6) is -0.560. The lowest BCUT2D eigenvalue weighted by Gasteiger charge is -2.13. The van der Waals surface area contributed by atoms with Crippen LogP contribution >= 0.6 is 0 Å². The van der Waals surface area contributed by atoms with E-state index >= 15 is 0 Å². The van der Waals surface area contributed by atoms with Crippen molar-refractivity contribution in [2.45, 2.75) is 38.3 Å². The van der Waals surface area contributed by atoms with E-state index in [-0.39, 0.29) is 30.0 Å². The molecule has 2 aromatic heterocycles. The van der Waals surface area contributed by atoms with Gasteiger partial charge in [-0.2, -0.15) is 0 Å². The Morgan fingerprint density at radius 1 is 1.17 bits per heavy atom. The van der Waals surface area contributed by atoms with E-state index in [2.05, 4.69) is 15.6 Å². The number of benzene rings is 1. The van der Waals surface area contributed by atoms with Crippen LogP contribution in [0, 0.1) is 0 Å². The molecular formula is C21H23N5O3. The van der Waals surface area contributed by atoms with Crippen LogP contribution in [0.4, 0.5) is 5.69 Å². The lowest BCUT2D eigenvalue weighted by Crippen LogP contribution is -2.37. The van der Waals surface area contributed by atoms with E-state index in [9.17, 15) is 14.4 Å². The van der Waals surface area contributed by atoms with E-state index in [1.165, 1.54) is 22.9 Å². The minimum Gasteiger partial charge on any atom is -0.352 e. The molecule has 0 radical (unpaired) electrons. The summed E-state index contributed by atoms with van der Waals surface area (Å²) in [4.78, 5) is 41.3. The van der Waals surface area contributed by atoms with Gasteiger partial charge >= 0.3 is 0 Å². The average molecular weight is 393 g/mol. The fraction of sp³-hybridized carbons (Fsp3) is 0.333. The van der Waals surface area contributed by atoms with Crippen molar-refractivity contribution >= 4 is 28.5 Å². The Morgan fingerprint density at radius 3 is 2.76 bits per heavy atom. The summed E-state index contributed by atoms with van der Waals surface area (Å²) in [6, 6.07) is 8.41. The van der Waals surface area contributed by atoms with Crippen LogP contribution in [0.1, 0.15) is 36.0 Å². The van der Waals surface area contributed by atoms with Crippen LogP contribution in [0.25, 0.3) is 11.0 Å². The second-order valence-corrected chi connectivity index (χ2v) is 7.45. The Labute approximate surface area is 167 Å². The molecule has 4 rings (SSSR count). The second-order valence-electron chi connectivity index (χ2n) is 7.45.